The van der Waals surface area contributed by atoms with Crippen molar-refractivity contribution < 1.29 is 13.9 Å². The third-order valence-electron chi connectivity index (χ3n) is 3.72. The molecule has 0 aliphatic carbocycles. The topological polar surface area (TPSA) is 69.0 Å². The van der Waals surface area contributed by atoms with E-state index < -0.39 is 5.82 Å². The van der Waals surface area contributed by atoms with Crippen LogP contribution in [0, 0.1) is 5.82 Å². The molecule has 0 bridgehead atoms. The fourth-order valence-electron chi connectivity index (χ4n) is 2.22. The van der Waals surface area contributed by atoms with E-state index in [0.29, 0.717) is 32.5 Å². The molecule has 0 spiro atoms. The van der Waals surface area contributed by atoms with Crippen molar-refractivity contribution in [3.8, 4) is 5.75 Å². The number of carbonyl (C=O) groups excluding carboxylic acids is 1. The summed E-state index contributed by atoms with van der Waals surface area (Å²) in [5.74, 6) is 0.260. The molecule has 0 fully saturated rings. The van der Waals surface area contributed by atoms with Crippen molar-refractivity contribution in [3.63, 3.8) is 0 Å². The molecule has 0 atom stereocenters. The number of aromatic nitrogens is 3. The van der Waals surface area contributed by atoms with Crippen molar-refractivity contribution in [3.05, 3.63) is 63.1 Å². The normalized spacial score (nSPS) is 10.8. The number of nitrogens with one attached hydrogen (secondary N) is 1. The number of anilines is 1. The first kappa shape index (κ1) is 21.7. The van der Waals surface area contributed by atoms with E-state index in [4.69, 9.17) is 39.5 Å². The van der Waals surface area contributed by atoms with E-state index in [9.17, 15) is 9.18 Å². The average Bonchev–Trinajstić information content (AvgIpc) is 3.04. The third-order valence-corrected chi connectivity index (χ3v) is 5.59. The number of nitrogens with zero attached hydrogens (tertiary/aromatic N) is 3. The van der Waals surface area contributed by atoms with Gasteiger partial charge in [-0.05, 0) is 30.3 Å². The molecule has 1 N–H and O–H groups in total. The predicted molar refractivity (Wildman–Crippen MR) is 113 cm³/mol. The molecule has 0 saturated carbocycles. The van der Waals surface area contributed by atoms with Gasteiger partial charge in [-0.2, -0.15) is 0 Å². The smallest absolute Gasteiger partial charge is 0.234 e. The van der Waals surface area contributed by atoms with Crippen molar-refractivity contribution in [2.45, 2.75) is 11.8 Å². The first-order valence-electron chi connectivity index (χ1n) is 8.17. The summed E-state index contributed by atoms with van der Waals surface area (Å²) in [7, 11) is 1.75. The third kappa shape index (κ3) is 5.76. The summed E-state index contributed by atoms with van der Waals surface area (Å²) >= 11 is 18.9. The van der Waals surface area contributed by atoms with E-state index in [2.05, 4.69) is 15.5 Å². The Morgan fingerprint density at radius 3 is 2.72 bits per heavy atom. The summed E-state index contributed by atoms with van der Waals surface area (Å²) in [5, 5.41) is 12.2. The molecule has 0 aliphatic heterocycles. The standard InChI is InChI=1S/C18H14Cl3FN4O2S/c1-26-16(8-28-11-3-5-14(22)13(21)7-11)24-25-18(26)29-9-17(27)23-15-6-10(19)2-4-12(15)20/h2-7H,8-9H2,1H3,(H,23,27). The second-order valence-electron chi connectivity index (χ2n) is 5.78. The number of benzene rings is 2. The van der Waals surface area contributed by atoms with E-state index in [1.54, 1.807) is 29.8 Å². The van der Waals surface area contributed by atoms with Crippen LogP contribution in [0.2, 0.25) is 15.1 Å². The highest BCUT2D eigenvalue weighted by atomic mass is 35.5. The number of carbonyl (C=O) groups is 1. The minimum absolute atomic E-state index is 0.0254. The number of halogens is 4. The van der Waals surface area contributed by atoms with E-state index in [1.165, 1.54) is 30.0 Å². The maximum Gasteiger partial charge on any atom is 0.234 e. The molecule has 0 aliphatic rings. The fourth-order valence-corrected chi connectivity index (χ4v) is 3.46. The zero-order valence-corrected chi connectivity index (χ0v) is 18.0. The lowest BCUT2D eigenvalue weighted by Gasteiger charge is -2.08. The Hall–Kier alpha value is -2.00. The van der Waals surface area contributed by atoms with Gasteiger partial charge in [-0.15, -0.1) is 10.2 Å². The molecule has 3 rings (SSSR count). The van der Waals surface area contributed by atoms with Crippen LogP contribution < -0.4 is 10.1 Å². The summed E-state index contributed by atoms with van der Waals surface area (Å²) in [6.07, 6.45) is 0. The summed E-state index contributed by atoms with van der Waals surface area (Å²) in [4.78, 5) is 12.2. The van der Waals surface area contributed by atoms with Crippen LogP contribution in [-0.4, -0.2) is 26.4 Å². The van der Waals surface area contributed by atoms with E-state index in [0.717, 1.165) is 0 Å². The number of hydrogen-bond donors (Lipinski definition) is 1. The number of rotatable bonds is 7. The summed E-state index contributed by atoms with van der Waals surface area (Å²) in [6.45, 7) is 0.107. The van der Waals surface area contributed by atoms with Crippen molar-refractivity contribution in [1.29, 1.82) is 0 Å². The van der Waals surface area contributed by atoms with E-state index in [1.807, 2.05) is 0 Å². The molecule has 0 unspecified atom stereocenters. The van der Waals surface area contributed by atoms with Gasteiger partial charge in [-0.3, -0.25) is 4.79 Å². The van der Waals surface area contributed by atoms with E-state index >= 15 is 0 Å². The molecule has 0 radical (unpaired) electrons. The molecule has 11 heteroatoms. The van der Waals surface area contributed by atoms with Crippen LogP contribution in [0.3, 0.4) is 0 Å². The highest BCUT2D eigenvalue weighted by molar-refractivity contribution is 7.99. The van der Waals surface area contributed by atoms with Gasteiger partial charge in [0.2, 0.25) is 5.91 Å². The van der Waals surface area contributed by atoms with Crippen molar-refractivity contribution in [1.82, 2.24) is 14.8 Å². The van der Waals surface area contributed by atoms with Gasteiger partial charge in [0.25, 0.3) is 0 Å². The molecule has 1 amide bonds. The Kier molecular flexibility index (Phi) is 7.23. The van der Waals surface area contributed by atoms with Gasteiger partial charge in [0.05, 0.1) is 21.5 Å². The van der Waals surface area contributed by atoms with Crippen LogP contribution in [0.15, 0.2) is 41.6 Å². The second kappa shape index (κ2) is 9.67. The van der Waals surface area contributed by atoms with Gasteiger partial charge in [-0.1, -0.05) is 46.6 Å². The van der Waals surface area contributed by atoms with Gasteiger partial charge in [0.1, 0.15) is 18.2 Å². The lowest BCUT2D eigenvalue weighted by molar-refractivity contribution is -0.113. The predicted octanol–water partition coefficient (Wildman–Crippen LogP) is 5.22. The zero-order chi connectivity index (χ0) is 21.0. The number of hydrogen-bond acceptors (Lipinski definition) is 5. The van der Waals surface area contributed by atoms with Crippen molar-refractivity contribution in [2.24, 2.45) is 7.05 Å². The minimum Gasteiger partial charge on any atom is -0.486 e. The maximum absolute atomic E-state index is 13.2. The van der Waals surface area contributed by atoms with Crippen LogP contribution in [0.5, 0.6) is 5.75 Å². The molecular weight excluding hydrogens is 462 g/mol. The van der Waals surface area contributed by atoms with Crippen molar-refractivity contribution >= 4 is 58.2 Å². The molecular formula is C18H14Cl3FN4O2S. The molecule has 1 aromatic heterocycles. The van der Waals surface area contributed by atoms with Gasteiger partial charge in [-0.25, -0.2) is 4.39 Å². The molecule has 0 saturated heterocycles. The summed E-state index contributed by atoms with van der Waals surface area (Å²) in [6, 6.07) is 8.90. The quantitative estimate of drug-likeness (QED) is 0.474. The Morgan fingerprint density at radius 1 is 1.17 bits per heavy atom. The van der Waals surface area contributed by atoms with Crippen molar-refractivity contribution in [2.75, 3.05) is 11.1 Å². The van der Waals surface area contributed by atoms with Gasteiger partial charge in [0.15, 0.2) is 11.0 Å². The summed E-state index contributed by atoms with van der Waals surface area (Å²) in [5.41, 5.74) is 0.440. The highest BCUT2D eigenvalue weighted by Gasteiger charge is 2.13. The molecule has 3 aromatic rings. The fraction of sp³-hybridized carbons (Fsp3) is 0.167. The Morgan fingerprint density at radius 2 is 1.97 bits per heavy atom. The summed E-state index contributed by atoms with van der Waals surface area (Å²) < 4.78 is 20.5. The first-order valence-corrected chi connectivity index (χ1v) is 10.3. The average molecular weight is 476 g/mol. The highest BCUT2D eigenvalue weighted by Crippen LogP contribution is 2.26. The zero-order valence-electron chi connectivity index (χ0n) is 15.0. The molecule has 6 nitrogen and oxygen atoms in total. The van der Waals surface area contributed by atoms with Gasteiger partial charge >= 0.3 is 0 Å². The largest absolute Gasteiger partial charge is 0.486 e. The monoisotopic (exact) mass is 474 g/mol. The first-order chi connectivity index (χ1) is 13.8. The van der Waals surface area contributed by atoms with E-state index in [-0.39, 0.29) is 23.3 Å². The molecule has 29 heavy (non-hydrogen) atoms. The Balaban J connectivity index is 1.55. The SMILES string of the molecule is Cn1c(COc2ccc(F)c(Cl)c2)nnc1SCC(=O)Nc1cc(Cl)ccc1Cl. The van der Waals surface area contributed by atoms with Gasteiger partial charge in [0, 0.05) is 18.1 Å². The second-order valence-corrected chi connectivity index (χ2v) is 7.98. The van der Waals surface area contributed by atoms with Gasteiger partial charge < -0.3 is 14.6 Å². The number of thioether (sulfide) groups is 1. The van der Waals surface area contributed by atoms with Crippen LogP contribution >= 0.6 is 46.6 Å². The minimum atomic E-state index is -0.520. The number of amides is 1. The Bertz CT molecular complexity index is 1050. The molecule has 152 valence electrons. The number of ether oxygens (including phenoxy) is 1. The van der Waals surface area contributed by atoms with Crippen LogP contribution in [-0.2, 0) is 18.4 Å². The Labute approximate surface area is 185 Å². The van der Waals surface area contributed by atoms with Crippen LogP contribution in [0.25, 0.3) is 0 Å². The van der Waals surface area contributed by atoms with Crippen LogP contribution in [0.4, 0.5) is 10.1 Å². The lowest BCUT2D eigenvalue weighted by atomic mass is 10.3. The molecule has 2 aromatic carbocycles. The van der Waals surface area contributed by atoms with Crippen LogP contribution in [0.1, 0.15) is 5.82 Å². The maximum atomic E-state index is 13.2. The lowest BCUT2D eigenvalue weighted by Crippen LogP contribution is -2.15. The molecule has 1 heterocycles.